The molecule has 3 nitrogen and oxygen atoms in total. The number of rotatable bonds is 1. The van der Waals surface area contributed by atoms with E-state index in [2.05, 4.69) is 30.9 Å². The Labute approximate surface area is 115 Å². The predicted molar refractivity (Wildman–Crippen MR) is 73.4 cm³/mol. The van der Waals surface area contributed by atoms with Gasteiger partial charge in [-0.05, 0) is 28.1 Å². The largest absolute Gasteiger partial charge is 0.253 e. The second kappa shape index (κ2) is 4.33. The summed E-state index contributed by atoms with van der Waals surface area (Å²) in [4.78, 5) is 13.8. The van der Waals surface area contributed by atoms with Crippen LogP contribution in [-0.2, 0) is 0 Å². The molecule has 84 valence electrons. The molecule has 0 spiro atoms. The summed E-state index contributed by atoms with van der Waals surface area (Å²) in [5, 5.41) is 3.26. The first-order chi connectivity index (χ1) is 8.25. The molecule has 0 unspecified atom stereocenters. The van der Waals surface area contributed by atoms with E-state index in [1.54, 1.807) is 6.20 Å². The van der Waals surface area contributed by atoms with Crippen LogP contribution in [0, 0.1) is 0 Å². The van der Waals surface area contributed by atoms with Crippen molar-refractivity contribution in [1.82, 2.24) is 15.0 Å². The number of aromatic nitrogens is 3. The molecule has 0 saturated carbocycles. The van der Waals surface area contributed by atoms with Crippen LogP contribution < -0.4 is 0 Å². The van der Waals surface area contributed by atoms with Gasteiger partial charge in [-0.25, -0.2) is 9.97 Å². The van der Waals surface area contributed by atoms with Gasteiger partial charge in [0.15, 0.2) is 5.82 Å². The summed E-state index contributed by atoms with van der Waals surface area (Å²) in [5.74, 6) is 0.553. The molecule has 0 radical (unpaired) electrons. The Hall–Kier alpha value is -1.04. The Bertz CT molecular complexity index is 684. The van der Waals surface area contributed by atoms with Crippen LogP contribution >= 0.6 is 38.9 Å². The van der Waals surface area contributed by atoms with Gasteiger partial charge in [0, 0.05) is 16.0 Å². The van der Waals surface area contributed by atoms with Crippen LogP contribution in [-0.4, -0.2) is 15.0 Å². The summed E-state index contributed by atoms with van der Waals surface area (Å²) in [6, 6.07) is 5.61. The van der Waals surface area contributed by atoms with Crippen LogP contribution in [0.15, 0.2) is 34.2 Å². The minimum atomic E-state index is 0.448. The summed E-state index contributed by atoms with van der Waals surface area (Å²) in [6.07, 6.45) is 1.71. The molecule has 6 heteroatoms. The van der Waals surface area contributed by atoms with Crippen LogP contribution in [0.3, 0.4) is 0 Å². The third-order valence-electron chi connectivity index (χ3n) is 2.24. The third kappa shape index (κ3) is 1.94. The van der Waals surface area contributed by atoms with Crippen LogP contribution in [0.5, 0.6) is 0 Å². The van der Waals surface area contributed by atoms with E-state index in [1.807, 2.05) is 23.6 Å². The van der Waals surface area contributed by atoms with Gasteiger partial charge in [0.1, 0.15) is 15.7 Å². The van der Waals surface area contributed by atoms with Crippen molar-refractivity contribution in [2.75, 3.05) is 0 Å². The van der Waals surface area contributed by atoms with Gasteiger partial charge in [-0.3, -0.25) is 4.98 Å². The predicted octanol–water partition coefficient (Wildman–Crippen LogP) is 4.17. The summed E-state index contributed by atoms with van der Waals surface area (Å²) in [5.41, 5.74) is 0.723. The summed E-state index contributed by atoms with van der Waals surface area (Å²) in [7, 11) is 0. The topological polar surface area (TPSA) is 38.7 Å². The molecular weight excluding hydrogens is 322 g/mol. The van der Waals surface area contributed by atoms with Gasteiger partial charge in [-0.15, -0.1) is 11.3 Å². The lowest BCUT2D eigenvalue weighted by molar-refractivity contribution is 1.18. The lowest BCUT2D eigenvalue weighted by atomic mass is 10.3. The zero-order chi connectivity index (χ0) is 11.8. The zero-order valence-electron chi connectivity index (χ0n) is 8.39. The molecule has 0 bridgehead atoms. The number of hydrogen-bond donors (Lipinski definition) is 0. The van der Waals surface area contributed by atoms with Crippen molar-refractivity contribution < 1.29 is 0 Å². The van der Waals surface area contributed by atoms with Crippen LogP contribution in [0.2, 0.25) is 5.15 Å². The lowest BCUT2D eigenvalue weighted by Gasteiger charge is -2.00. The lowest BCUT2D eigenvalue weighted by Crippen LogP contribution is -1.91. The zero-order valence-corrected chi connectivity index (χ0v) is 11.6. The molecule has 0 aliphatic rings. The van der Waals surface area contributed by atoms with Crippen molar-refractivity contribution in [2.24, 2.45) is 0 Å². The van der Waals surface area contributed by atoms with E-state index in [9.17, 15) is 0 Å². The van der Waals surface area contributed by atoms with E-state index in [4.69, 9.17) is 11.6 Å². The highest BCUT2D eigenvalue weighted by Gasteiger charge is 2.12. The second-order valence-corrected chi connectivity index (χ2v) is 5.39. The Kier molecular flexibility index (Phi) is 2.82. The monoisotopic (exact) mass is 325 g/mol. The van der Waals surface area contributed by atoms with Crippen molar-refractivity contribution >= 4 is 49.1 Å². The molecular formula is C11H5BrClN3S. The van der Waals surface area contributed by atoms with Gasteiger partial charge in [-0.1, -0.05) is 17.7 Å². The first-order valence-corrected chi connectivity index (χ1v) is 6.82. The highest BCUT2D eigenvalue weighted by Crippen LogP contribution is 2.34. The van der Waals surface area contributed by atoms with Crippen molar-refractivity contribution in [3.05, 3.63) is 39.4 Å². The first kappa shape index (κ1) is 11.1. The van der Waals surface area contributed by atoms with E-state index in [0.29, 0.717) is 11.0 Å². The van der Waals surface area contributed by atoms with Crippen LogP contribution in [0.25, 0.3) is 21.7 Å². The van der Waals surface area contributed by atoms with Crippen molar-refractivity contribution in [3.8, 4) is 11.5 Å². The van der Waals surface area contributed by atoms with E-state index in [1.165, 1.54) is 11.3 Å². The molecule has 0 N–H and O–H groups in total. The number of hydrogen-bond acceptors (Lipinski definition) is 4. The number of nitrogens with zero attached hydrogens (tertiary/aromatic N) is 3. The van der Waals surface area contributed by atoms with Crippen LogP contribution in [0.1, 0.15) is 0 Å². The average molecular weight is 327 g/mol. The Morgan fingerprint density at radius 3 is 2.88 bits per heavy atom. The minimum Gasteiger partial charge on any atom is -0.253 e. The molecule has 0 aliphatic carbocycles. The second-order valence-electron chi connectivity index (χ2n) is 3.32. The van der Waals surface area contributed by atoms with Gasteiger partial charge in [-0.2, -0.15) is 0 Å². The normalized spacial score (nSPS) is 10.9. The molecule has 3 aromatic heterocycles. The molecule has 3 rings (SSSR count). The van der Waals surface area contributed by atoms with Crippen LogP contribution in [0.4, 0.5) is 0 Å². The fourth-order valence-electron chi connectivity index (χ4n) is 1.48. The maximum Gasteiger partial charge on any atom is 0.180 e. The summed E-state index contributed by atoms with van der Waals surface area (Å²) < 4.78 is 0.926. The SMILES string of the molecule is Clc1nc(-c2ccccn2)nc2scc(Br)c12. The van der Waals surface area contributed by atoms with E-state index >= 15 is 0 Å². The maximum atomic E-state index is 6.16. The third-order valence-corrected chi connectivity index (χ3v) is 4.31. The summed E-state index contributed by atoms with van der Waals surface area (Å²) in [6.45, 7) is 0. The Morgan fingerprint density at radius 1 is 1.24 bits per heavy atom. The van der Waals surface area contributed by atoms with E-state index < -0.39 is 0 Å². The average Bonchev–Trinajstić information content (AvgIpc) is 2.73. The highest BCUT2D eigenvalue weighted by molar-refractivity contribution is 9.10. The smallest absolute Gasteiger partial charge is 0.180 e. The van der Waals surface area contributed by atoms with Gasteiger partial charge in [0.25, 0.3) is 0 Å². The highest BCUT2D eigenvalue weighted by atomic mass is 79.9. The fraction of sp³-hybridized carbons (Fsp3) is 0. The molecule has 3 heterocycles. The molecule has 3 aromatic rings. The Morgan fingerprint density at radius 2 is 2.12 bits per heavy atom. The maximum absolute atomic E-state index is 6.16. The molecule has 0 fully saturated rings. The number of halogens is 2. The van der Waals surface area contributed by atoms with Crippen molar-refractivity contribution in [3.63, 3.8) is 0 Å². The number of pyridine rings is 1. The molecule has 0 amide bonds. The minimum absolute atomic E-state index is 0.448. The quantitative estimate of drug-likeness (QED) is 0.630. The first-order valence-electron chi connectivity index (χ1n) is 4.77. The number of fused-ring (bicyclic) bond motifs is 1. The Balaban J connectivity index is 2.26. The molecule has 0 atom stereocenters. The van der Waals surface area contributed by atoms with Crippen molar-refractivity contribution in [1.29, 1.82) is 0 Å². The van der Waals surface area contributed by atoms with E-state index in [-0.39, 0.29) is 0 Å². The van der Waals surface area contributed by atoms with Crippen molar-refractivity contribution in [2.45, 2.75) is 0 Å². The van der Waals surface area contributed by atoms with Gasteiger partial charge >= 0.3 is 0 Å². The van der Waals surface area contributed by atoms with Gasteiger partial charge < -0.3 is 0 Å². The standard InChI is InChI=1S/C11H5BrClN3S/c12-6-5-17-11-8(6)9(13)15-10(16-11)7-3-1-2-4-14-7/h1-5H. The molecule has 0 aliphatic heterocycles. The van der Waals surface area contributed by atoms with Gasteiger partial charge in [0.05, 0.1) is 5.39 Å². The number of thiophene rings is 1. The molecule has 0 saturated heterocycles. The van der Waals surface area contributed by atoms with E-state index in [0.717, 1.165) is 20.4 Å². The fourth-order valence-corrected chi connectivity index (χ4v) is 3.50. The summed E-state index contributed by atoms with van der Waals surface area (Å²) >= 11 is 11.1. The van der Waals surface area contributed by atoms with Gasteiger partial charge in [0.2, 0.25) is 0 Å². The molecule has 17 heavy (non-hydrogen) atoms. The molecule has 0 aromatic carbocycles.